The monoisotopic (exact) mass is 609 g/mol. The van der Waals surface area contributed by atoms with E-state index in [0.29, 0.717) is 4.91 Å². The number of imide groups is 1. The summed E-state index contributed by atoms with van der Waals surface area (Å²) in [5.41, 5.74) is 2.65. The molecule has 2 aromatic carbocycles. The molecular formula is C28H24BrN3O4S2. The number of hydrogen-bond acceptors (Lipinski definition) is 6. The van der Waals surface area contributed by atoms with Gasteiger partial charge in [-0.1, -0.05) is 51.8 Å². The van der Waals surface area contributed by atoms with E-state index < -0.39 is 12.0 Å². The normalized spacial score (nSPS) is 20.6. The van der Waals surface area contributed by atoms with Gasteiger partial charge >= 0.3 is 0 Å². The molecule has 1 N–H and O–H groups in total. The fourth-order valence-electron chi connectivity index (χ4n) is 4.63. The first kappa shape index (κ1) is 26.4. The molecule has 0 aliphatic carbocycles. The van der Waals surface area contributed by atoms with Crippen molar-refractivity contribution in [1.29, 1.82) is 0 Å². The summed E-state index contributed by atoms with van der Waals surface area (Å²) in [5, 5.41) is 4.42. The van der Waals surface area contributed by atoms with Crippen LogP contribution in [0.3, 0.4) is 0 Å². The highest BCUT2D eigenvalue weighted by Gasteiger charge is 2.45. The fourth-order valence-corrected chi connectivity index (χ4v) is 6.79. The summed E-state index contributed by atoms with van der Waals surface area (Å²) in [6, 6.07) is 18.6. The second kappa shape index (κ2) is 11.3. The molecule has 5 rings (SSSR count). The van der Waals surface area contributed by atoms with Crippen LogP contribution in [0, 0.1) is 12.8 Å². The van der Waals surface area contributed by atoms with Gasteiger partial charge in [0, 0.05) is 34.5 Å². The van der Waals surface area contributed by atoms with Crippen molar-refractivity contribution in [3.63, 3.8) is 0 Å². The Bertz CT molecular complexity index is 1420. The lowest BCUT2D eigenvalue weighted by atomic mass is 9.97. The maximum atomic E-state index is 13.3. The van der Waals surface area contributed by atoms with Gasteiger partial charge in [-0.05, 0) is 66.0 Å². The number of halogens is 1. The fraction of sp³-hybridized carbons (Fsp3) is 0.214. The molecule has 4 amide bonds. The van der Waals surface area contributed by atoms with Crippen molar-refractivity contribution in [2.45, 2.75) is 19.4 Å². The van der Waals surface area contributed by atoms with Gasteiger partial charge in [0.05, 0.1) is 16.9 Å². The Balaban J connectivity index is 1.26. The van der Waals surface area contributed by atoms with Gasteiger partial charge in [-0.25, -0.2) is 0 Å². The predicted molar refractivity (Wildman–Crippen MR) is 154 cm³/mol. The van der Waals surface area contributed by atoms with E-state index in [0.717, 1.165) is 42.8 Å². The van der Waals surface area contributed by atoms with Crippen LogP contribution < -0.4 is 10.2 Å². The molecule has 2 fully saturated rings. The van der Waals surface area contributed by atoms with Crippen molar-refractivity contribution in [3.8, 4) is 0 Å². The summed E-state index contributed by atoms with van der Waals surface area (Å²) in [6.07, 6.45) is 1.77. The van der Waals surface area contributed by atoms with Crippen LogP contribution in [-0.2, 0) is 14.4 Å². The largest absolute Gasteiger partial charge is 0.354 e. The van der Waals surface area contributed by atoms with Crippen LogP contribution in [0.1, 0.15) is 28.5 Å². The number of hydrogen-bond donors (Lipinski definition) is 1. The zero-order valence-electron chi connectivity index (χ0n) is 20.4. The van der Waals surface area contributed by atoms with E-state index in [9.17, 15) is 19.2 Å². The van der Waals surface area contributed by atoms with Crippen molar-refractivity contribution in [2.75, 3.05) is 18.0 Å². The second-order valence-electron chi connectivity index (χ2n) is 9.05. The van der Waals surface area contributed by atoms with Gasteiger partial charge in [-0.3, -0.25) is 24.1 Å². The molecule has 38 heavy (non-hydrogen) atoms. The summed E-state index contributed by atoms with van der Waals surface area (Å²) >= 11 is 5.80. The van der Waals surface area contributed by atoms with Gasteiger partial charge in [0.15, 0.2) is 0 Å². The summed E-state index contributed by atoms with van der Waals surface area (Å²) in [7, 11) is 0. The average molecular weight is 611 g/mol. The van der Waals surface area contributed by atoms with Crippen LogP contribution in [0.2, 0.25) is 0 Å². The van der Waals surface area contributed by atoms with E-state index in [4.69, 9.17) is 0 Å². The molecule has 10 heteroatoms. The summed E-state index contributed by atoms with van der Waals surface area (Å²) in [6.45, 7) is 2.14. The number of thioether (sulfide) groups is 1. The van der Waals surface area contributed by atoms with Gasteiger partial charge < -0.3 is 10.2 Å². The van der Waals surface area contributed by atoms with Crippen LogP contribution in [0.15, 0.2) is 75.4 Å². The highest BCUT2D eigenvalue weighted by molar-refractivity contribution is 9.10. The zero-order chi connectivity index (χ0) is 26.8. The first-order valence-electron chi connectivity index (χ1n) is 12.0. The number of thiophene rings is 1. The predicted octanol–water partition coefficient (Wildman–Crippen LogP) is 5.77. The third kappa shape index (κ3) is 5.48. The molecule has 2 aliphatic heterocycles. The number of carbonyl (C=O) groups excluding carboxylic acids is 4. The second-order valence-corrected chi connectivity index (χ2v) is 11.9. The molecule has 0 saturated carbocycles. The minimum atomic E-state index is -0.589. The minimum Gasteiger partial charge on any atom is -0.354 e. The van der Waals surface area contributed by atoms with Crippen LogP contribution >= 0.6 is 39.0 Å². The number of rotatable bonds is 7. The molecule has 2 atom stereocenters. The molecule has 2 unspecified atom stereocenters. The van der Waals surface area contributed by atoms with Crippen molar-refractivity contribution in [1.82, 2.24) is 10.2 Å². The molecule has 3 aromatic rings. The van der Waals surface area contributed by atoms with Crippen molar-refractivity contribution in [3.05, 3.63) is 91.4 Å². The summed E-state index contributed by atoms with van der Waals surface area (Å²) in [4.78, 5) is 55.9. The lowest BCUT2D eigenvalue weighted by Crippen LogP contribution is -2.40. The van der Waals surface area contributed by atoms with Crippen molar-refractivity contribution >= 4 is 73.8 Å². The zero-order valence-corrected chi connectivity index (χ0v) is 23.6. The maximum absolute atomic E-state index is 13.3. The summed E-state index contributed by atoms with van der Waals surface area (Å²) in [5.74, 6) is -1.36. The minimum absolute atomic E-state index is 0.0538. The van der Waals surface area contributed by atoms with Gasteiger partial charge in [0.25, 0.3) is 11.1 Å². The molecule has 0 radical (unpaired) electrons. The first-order chi connectivity index (χ1) is 18.3. The van der Waals surface area contributed by atoms with Crippen LogP contribution in [0.4, 0.5) is 10.5 Å². The molecule has 1 aromatic heterocycles. The van der Waals surface area contributed by atoms with E-state index in [1.54, 1.807) is 11.0 Å². The SMILES string of the molecule is Cc1ccc(N2C(=O)CC(C(=O)NCCN3C(=O)S/C(=C/c4cccc(Br)c4)C3=O)C2c2cccs2)cc1. The van der Waals surface area contributed by atoms with E-state index in [2.05, 4.69) is 21.2 Å². The Morgan fingerprint density at radius 3 is 2.61 bits per heavy atom. The van der Waals surface area contributed by atoms with Gasteiger partial charge in [0.1, 0.15) is 0 Å². The molecule has 2 aliphatic rings. The molecule has 2 saturated heterocycles. The van der Waals surface area contributed by atoms with E-state index >= 15 is 0 Å². The number of carbonyl (C=O) groups is 4. The number of anilines is 1. The van der Waals surface area contributed by atoms with Crippen LogP contribution in [-0.4, -0.2) is 41.0 Å². The highest BCUT2D eigenvalue weighted by atomic mass is 79.9. The lowest BCUT2D eigenvalue weighted by Gasteiger charge is -2.27. The van der Waals surface area contributed by atoms with Crippen LogP contribution in [0.25, 0.3) is 6.08 Å². The number of aryl methyl sites for hydroxylation is 1. The summed E-state index contributed by atoms with van der Waals surface area (Å²) < 4.78 is 0.875. The lowest BCUT2D eigenvalue weighted by molar-refractivity contribution is -0.127. The topological polar surface area (TPSA) is 86.8 Å². The van der Waals surface area contributed by atoms with Gasteiger partial charge in [-0.2, -0.15) is 0 Å². The Morgan fingerprint density at radius 2 is 1.89 bits per heavy atom. The van der Waals surface area contributed by atoms with E-state index in [1.807, 2.05) is 73.0 Å². The molecule has 7 nitrogen and oxygen atoms in total. The Morgan fingerprint density at radius 1 is 1.11 bits per heavy atom. The third-order valence-corrected chi connectivity index (χ3v) is 8.80. The third-order valence-electron chi connectivity index (χ3n) is 6.46. The number of nitrogens with one attached hydrogen (secondary N) is 1. The van der Waals surface area contributed by atoms with Crippen LogP contribution in [0.5, 0.6) is 0 Å². The quantitative estimate of drug-likeness (QED) is 0.344. The molecule has 3 heterocycles. The van der Waals surface area contributed by atoms with Gasteiger partial charge in [-0.15, -0.1) is 11.3 Å². The molecular weight excluding hydrogens is 586 g/mol. The first-order valence-corrected chi connectivity index (χ1v) is 14.5. The van der Waals surface area contributed by atoms with E-state index in [1.165, 1.54) is 11.3 Å². The Labute approximate surface area is 237 Å². The molecule has 0 bridgehead atoms. The smallest absolute Gasteiger partial charge is 0.293 e. The van der Waals surface area contributed by atoms with Crippen molar-refractivity contribution in [2.24, 2.45) is 5.92 Å². The Hall–Kier alpha value is -3.21. The molecule has 0 spiro atoms. The number of benzene rings is 2. The maximum Gasteiger partial charge on any atom is 0.293 e. The highest BCUT2D eigenvalue weighted by Crippen LogP contribution is 2.43. The van der Waals surface area contributed by atoms with Crippen molar-refractivity contribution < 1.29 is 19.2 Å². The van der Waals surface area contributed by atoms with E-state index in [-0.39, 0.29) is 42.5 Å². The standard InChI is InChI=1S/C28H24BrN3O4S2/c1-17-7-9-20(10-8-17)32-24(33)16-21(25(32)22-6-3-13-37-22)26(34)30-11-12-31-27(35)23(38-28(31)36)15-18-4-2-5-19(29)14-18/h2-10,13-15,21,25H,11-12,16H2,1H3,(H,30,34)/b23-15+. The average Bonchev–Trinajstić information content (AvgIpc) is 3.59. The Kier molecular flexibility index (Phi) is 7.83. The molecule has 194 valence electrons. The number of nitrogens with zero attached hydrogens (tertiary/aromatic N) is 2. The van der Waals surface area contributed by atoms with Gasteiger partial charge in [0.2, 0.25) is 11.8 Å². The number of amides is 4.